The lowest BCUT2D eigenvalue weighted by atomic mass is 9.63. The highest BCUT2D eigenvalue weighted by Gasteiger charge is 2.43. The van der Waals surface area contributed by atoms with E-state index >= 15 is 0 Å². The van der Waals surface area contributed by atoms with E-state index in [1.54, 1.807) is 4.90 Å². The summed E-state index contributed by atoms with van der Waals surface area (Å²) in [6.07, 6.45) is 6.00. The Morgan fingerprint density at radius 1 is 1.11 bits per heavy atom. The van der Waals surface area contributed by atoms with Crippen LogP contribution in [0.15, 0.2) is 24.3 Å². The van der Waals surface area contributed by atoms with Gasteiger partial charge in [-0.05, 0) is 73.7 Å². The fourth-order valence-electron chi connectivity index (χ4n) is 5.04. The highest BCUT2D eigenvalue weighted by atomic mass is 16.2. The van der Waals surface area contributed by atoms with Gasteiger partial charge in [0.25, 0.3) is 0 Å². The molecule has 0 unspecified atom stereocenters. The molecule has 28 heavy (non-hydrogen) atoms. The Morgan fingerprint density at radius 3 is 2.36 bits per heavy atom. The minimum absolute atomic E-state index is 0.0905. The second kappa shape index (κ2) is 8.06. The number of carbonyl (C=O) groups excluding carboxylic acids is 1. The quantitative estimate of drug-likeness (QED) is 0.739. The smallest absolute Gasteiger partial charge is 0.319 e. The molecule has 2 amide bonds. The fraction of sp³-hybridized carbons (Fsp3) is 0.708. The van der Waals surface area contributed by atoms with E-state index in [-0.39, 0.29) is 12.1 Å². The second-order valence-corrected chi connectivity index (χ2v) is 10.4. The monoisotopic (exact) mass is 385 g/mol. The van der Waals surface area contributed by atoms with Crippen molar-refractivity contribution in [2.45, 2.75) is 64.3 Å². The summed E-state index contributed by atoms with van der Waals surface area (Å²) in [5, 5.41) is 0. The zero-order valence-electron chi connectivity index (χ0n) is 18.8. The molecular formula is C24H39N3O. The number of likely N-dealkylation sites (tertiary alicyclic amines) is 1. The van der Waals surface area contributed by atoms with Gasteiger partial charge in [0, 0.05) is 21.1 Å². The molecule has 1 heterocycles. The van der Waals surface area contributed by atoms with Crippen molar-refractivity contribution in [3.63, 3.8) is 0 Å². The van der Waals surface area contributed by atoms with E-state index in [0.29, 0.717) is 10.8 Å². The summed E-state index contributed by atoms with van der Waals surface area (Å²) in [5.74, 6) is 0. The maximum atomic E-state index is 12.6. The predicted molar refractivity (Wildman–Crippen MR) is 117 cm³/mol. The van der Waals surface area contributed by atoms with Crippen LogP contribution < -0.4 is 0 Å². The molecule has 1 aliphatic heterocycles. The molecule has 1 fully saturated rings. The van der Waals surface area contributed by atoms with Crippen LogP contribution in [0.25, 0.3) is 0 Å². The molecule has 4 heteroatoms. The first-order valence-corrected chi connectivity index (χ1v) is 10.9. The summed E-state index contributed by atoms with van der Waals surface area (Å²) in [7, 11) is 5.63. The van der Waals surface area contributed by atoms with Crippen molar-refractivity contribution >= 4 is 6.03 Å². The number of piperidine rings is 1. The van der Waals surface area contributed by atoms with Crippen molar-refractivity contribution < 1.29 is 4.79 Å². The number of amides is 2. The van der Waals surface area contributed by atoms with Crippen molar-refractivity contribution in [3.8, 4) is 0 Å². The first kappa shape index (κ1) is 21.2. The van der Waals surface area contributed by atoms with Crippen LogP contribution in [0.3, 0.4) is 0 Å². The molecule has 1 aliphatic carbocycles. The molecule has 0 N–H and O–H groups in total. The van der Waals surface area contributed by atoms with Gasteiger partial charge in [0.2, 0.25) is 0 Å². The summed E-state index contributed by atoms with van der Waals surface area (Å²) in [5.41, 5.74) is 3.58. The molecule has 0 bridgehead atoms. The van der Waals surface area contributed by atoms with Crippen molar-refractivity contribution in [2.75, 3.05) is 40.8 Å². The Labute approximate surface area is 171 Å². The summed E-state index contributed by atoms with van der Waals surface area (Å²) >= 11 is 0. The van der Waals surface area contributed by atoms with Crippen LogP contribution in [0.4, 0.5) is 4.79 Å². The number of nitrogens with zero attached hydrogens (tertiary/aromatic N) is 3. The molecule has 0 saturated carbocycles. The number of hydrogen-bond donors (Lipinski definition) is 0. The van der Waals surface area contributed by atoms with Gasteiger partial charge < -0.3 is 14.7 Å². The molecule has 1 atom stereocenters. The van der Waals surface area contributed by atoms with Crippen molar-refractivity contribution in [2.24, 2.45) is 5.41 Å². The molecule has 1 aromatic carbocycles. The number of hydrogen-bond acceptors (Lipinski definition) is 2. The standard InChI is InChI=1S/C24H39N3O/c1-23(2,3)13-16-27-17-14-24(15-18-27)12-11-21(26(6)22(28)25(4)5)19-9-7-8-10-20(19)24/h7-10,21H,11-18H2,1-6H3/t21-/m0/s1. The first-order valence-electron chi connectivity index (χ1n) is 10.9. The van der Waals surface area contributed by atoms with Crippen LogP contribution in [-0.2, 0) is 5.41 Å². The zero-order valence-corrected chi connectivity index (χ0v) is 18.8. The molecule has 1 spiro atoms. The van der Waals surface area contributed by atoms with E-state index in [4.69, 9.17) is 0 Å². The highest BCUT2D eigenvalue weighted by molar-refractivity contribution is 5.74. The van der Waals surface area contributed by atoms with Gasteiger partial charge in [-0.2, -0.15) is 0 Å². The third kappa shape index (κ3) is 4.37. The van der Waals surface area contributed by atoms with Crippen LogP contribution in [-0.4, -0.2) is 61.5 Å². The largest absolute Gasteiger partial charge is 0.331 e. The van der Waals surface area contributed by atoms with Gasteiger partial charge in [0.05, 0.1) is 6.04 Å². The third-order valence-electron chi connectivity index (χ3n) is 6.93. The van der Waals surface area contributed by atoms with E-state index in [1.807, 2.05) is 26.0 Å². The Bertz CT molecular complexity index is 683. The van der Waals surface area contributed by atoms with E-state index in [0.717, 1.165) is 6.42 Å². The summed E-state index contributed by atoms with van der Waals surface area (Å²) < 4.78 is 0. The van der Waals surface area contributed by atoms with Crippen molar-refractivity contribution in [1.82, 2.24) is 14.7 Å². The normalized spacial score (nSPS) is 22.0. The molecule has 3 rings (SSSR count). The van der Waals surface area contributed by atoms with E-state index in [9.17, 15) is 4.79 Å². The summed E-state index contributed by atoms with van der Waals surface area (Å²) in [6, 6.07) is 9.19. The zero-order chi connectivity index (χ0) is 20.5. The average Bonchev–Trinajstić information content (AvgIpc) is 2.66. The minimum Gasteiger partial charge on any atom is -0.331 e. The van der Waals surface area contributed by atoms with Gasteiger partial charge in [-0.3, -0.25) is 0 Å². The lowest BCUT2D eigenvalue weighted by Gasteiger charge is -2.49. The van der Waals surface area contributed by atoms with Crippen LogP contribution in [0.2, 0.25) is 0 Å². The van der Waals surface area contributed by atoms with E-state index in [2.05, 4.69) is 49.9 Å². The Kier molecular flexibility index (Phi) is 6.09. The Hall–Kier alpha value is -1.55. The van der Waals surface area contributed by atoms with Gasteiger partial charge in [-0.15, -0.1) is 0 Å². The topological polar surface area (TPSA) is 26.8 Å². The lowest BCUT2D eigenvalue weighted by Crippen LogP contribution is -2.47. The molecule has 4 nitrogen and oxygen atoms in total. The van der Waals surface area contributed by atoms with Gasteiger partial charge in [-0.25, -0.2) is 4.79 Å². The third-order valence-corrected chi connectivity index (χ3v) is 6.93. The van der Waals surface area contributed by atoms with Crippen LogP contribution >= 0.6 is 0 Å². The van der Waals surface area contributed by atoms with Crippen molar-refractivity contribution in [1.29, 1.82) is 0 Å². The number of rotatable bonds is 3. The SMILES string of the molecule is CN(C)C(=O)N(C)[C@H]1CCC2(CCN(CCC(C)(C)C)CC2)c2ccccc21. The first-order chi connectivity index (χ1) is 13.1. The number of carbonyl (C=O) groups is 1. The molecule has 1 aromatic rings. The molecule has 0 radical (unpaired) electrons. The molecule has 2 aliphatic rings. The highest BCUT2D eigenvalue weighted by Crippen LogP contribution is 2.49. The van der Waals surface area contributed by atoms with Gasteiger partial charge >= 0.3 is 6.03 Å². The van der Waals surface area contributed by atoms with Crippen LogP contribution in [0.5, 0.6) is 0 Å². The summed E-state index contributed by atoms with van der Waals surface area (Å²) in [4.78, 5) is 18.8. The molecule has 0 aromatic heterocycles. The van der Waals surface area contributed by atoms with Gasteiger partial charge in [-0.1, -0.05) is 45.0 Å². The predicted octanol–water partition coefficient (Wildman–Crippen LogP) is 4.90. The average molecular weight is 386 g/mol. The van der Waals surface area contributed by atoms with Crippen LogP contribution in [0, 0.1) is 5.41 Å². The Morgan fingerprint density at radius 2 is 1.75 bits per heavy atom. The van der Waals surface area contributed by atoms with Crippen molar-refractivity contribution in [3.05, 3.63) is 35.4 Å². The maximum absolute atomic E-state index is 12.6. The molecule has 1 saturated heterocycles. The van der Waals surface area contributed by atoms with Gasteiger partial charge in [0.15, 0.2) is 0 Å². The number of urea groups is 1. The molecule has 156 valence electrons. The minimum atomic E-state index is 0.0905. The van der Waals surface area contributed by atoms with E-state index in [1.165, 1.54) is 56.4 Å². The second-order valence-electron chi connectivity index (χ2n) is 10.4. The fourth-order valence-corrected chi connectivity index (χ4v) is 5.04. The number of fused-ring (bicyclic) bond motifs is 2. The van der Waals surface area contributed by atoms with E-state index < -0.39 is 0 Å². The Balaban J connectivity index is 1.76. The van der Waals surface area contributed by atoms with Gasteiger partial charge in [0.1, 0.15) is 0 Å². The van der Waals surface area contributed by atoms with Crippen LogP contribution in [0.1, 0.15) is 70.0 Å². The summed E-state index contributed by atoms with van der Waals surface area (Å²) in [6.45, 7) is 10.6. The lowest BCUT2D eigenvalue weighted by molar-refractivity contribution is 0.111. The number of benzene rings is 1. The molecular weight excluding hydrogens is 346 g/mol. The maximum Gasteiger partial charge on any atom is 0.319 e.